The summed E-state index contributed by atoms with van der Waals surface area (Å²) >= 11 is 0. The van der Waals surface area contributed by atoms with Crippen molar-refractivity contribution in [1.29, 1.82) is 0 Å². The molecule has 50 heavy (non-hydrogen) atoms. The van der Waals surface area contributed by atoms with Gasteiger partial charge in [0.25, 0.3) is 16.9 Å². The van der Waals surface area contributed by atoms with E-state index < -0.39 is 5.41 Å². The van der Waals surface area contributed by atoms with Crippen LogP contribution < -0.4 is 18.8 Å². The quantitative estimate of drug-likeness (QED) is 0.129. The first kappa shape index (κ1) is 24.5. The molecular weight excluding hydrogens is 619 g/mol. The number of aryl methyl sites for hydroxylation is 1. The third-order valence-electron chi connectivity index (χ3n) is 12.2. The molecule has 0 N–H and O–H groups in total. The van der Waals surface area contributed by atoms with Gasteiger partial charge in [0.1, 0.15) is 17.4 Å². The minimum atomic E-state index is -0.539. The van der Waals surface area contributed by atoms with E-state index in [4.69, 9.17) is 9.72 Å². The van der Waals surface area contributed by atoms with E-state index in [0.717, 1.165) is 51.1 Å². The van der Waals surface area contributed by atoms with Gasteiger partial charge < -0.3 is 4.74 Å². The summed E-state index contributed by atoms with van der Waals surface area (Å²) in [6.07, 6.45) is 5.85. The van der Waals surface area contributed by atoms with E-state index in [1.54, 1.807) is 6.33 Å². The van der Waals surface area contributed by atoms with Crippen molar-refractivity contribution in [2.45, 2.75) is 5.41 Å². The molecule has 8 heteroatoms. The van der Waals surface area contributed by atoms with Crippen LogP contribution in [0.2, 0.25) is 0 Å². The Bertz CT molecular complexity index is 3120. The first-order valence-electron chi connectivity index (χ1n) is 17.0. The van der Waals surface area contributed by atoms with Gasteiger partial charge in [-0.15, -0.1) is 0 Å². The van der Waals surface area contributed by atoms with E-state index in [0.29, 0.717) is 0 Å². The maximum atomic E-state index is 7.03. The number of para-hydroxylation sites is 2. The molecule has 5 aromatic carbocycles. The zero-order valence-electron chi connectivity index (χ0n) is 26.7. The molecule has 2 spiro atoms. The molecule has 8 heterocycles. The molecule has 4 aliphatic heterocycles. The Labute approximate surface area is 284 Å². The molecule has 4 aromatic heterocycles. The van der Waals surface area contributed by atoms with Crippen molar-refractivity contribution in [3.05, 3.63) is 150 Å². The van der Waals surface area contributed by atoms with Crippen LogP contribution in [0.5, 0.6) is 11.5 Å². The molecule has 1 aliphatic carbocycles. The third-order valence-corrected chi connectivity index (χ3v) is 12.2. The highest BCUT2D eigenvalue weighted by atomic mass is 16.5. The van der Waals surface area contributed by atoms with Gasteiger partial charge in [-0.25, -0.2) is 9.55 Å². The van der Waals surface area contributed by atoms with E-state index in [-0.39, 0.29) is 4.70 Å². The normalized spacial score (nSPS) is 18.1. The Morgan fingerprint density at radius 1 is 0.700 bits per heavy atom. The number of rotatable bonds is 0. The summed E-state index contributed by atoms with van der Waals surface area (Å²) in [5, 5.41) is 2.46. The Morgan fingerprint density at radius 2 is 1.44 bits per heavy atom. The Kier molecular flexibility index (Phi) is 3.67. The maximum Gasteiger partial charge on any atom is 0.353 e. The van der Waals surface area contributed by atoms with Crippen molar-refractivity contribution in [3.8, 4) is 39.7 Å². The Hall–Kier alpha value is -6.64. The first-order valence-corrected chi connectivity index (χ1v) is 17.0. The molecule has 230 valence electrons. The van der Waals surface area contributed by atoms with E-state index in [1.807, 2.05) is 6.20 Å². The Balaban J connectivity index is 1.32. The minimum Gasteiger partial charge on any atom is -0.444 e. The van der Waals surface area contributed by atoms with Crippen molar-refractivity contribution in [2.24, 2.45) is 7.05 Å². The fourth-order valence-corrected chi connectivity index (χ4v) is 10.7. The Morgan fingerprint density at radius 3 is 2.30 bits per heavy atom. The fourth-order valence-electron chi connectivity index (χ4n) is 10.7. The van der Waals surface area contributed by atoms with E-state index in [9.17, 15) is 0 Å². The molecule has 8 nitrogen and oxygen atoms in total. The summed E-state index contributed by atoms with van der Waals surface area (Å²) in [6.45, 7) is 0. The topological polar surface area (TPSA) is 52.6 Å². The summed E-state index contributed by atoms with van der Waals surface area (Å²) in [5.41, 5.74) is 15.9. The van der Waals surface area contributed by atoms with E-state index >= 15 is 0 Å². The number of ether oxygens (including phenoxy) is 1. The zero-order chi connectivity index (χ0) is 32.2. The van der Waals surface area contributed by atoms with Crippen LogP contribution in [0.4, 0.5) is 11.4 Å². The number of benzene rings is 5. The molecule has 0 fully saturated rings. The van der Waals surface area contributed by atoms with E-state index in [2.05, 4.69) is 146 Å². The van der Waals surface area contributed by atoms with Crippen molar-refractivity contribution < 1.29 is 14.1 Å². The second kappa shape index (κ2) is 7.49. The van der Waals surface area contributed by atoms with Gasteiger partial charge in [0.2, 0.25) is 11.4 Å². The maximum absolute atomic E-state index is 7.03. The average molecular weight is 643 g/mol. The number of imidazole rings is 1. The fraction of sp³-hybridized carbons (Fsp3) is 0.0476. The summed E-state index contributed by atoms with van der Waals surface area (Å²) < 4.78 is 16.9. The molecular formula is C42H24N7O+3. The van der Waals surface area contributed by atoms with Gasteiger partial charge >= 0.3 is 17.2 Å². The molecule has 0 radical (unpaired) electrons. The number of quaternary nitrogens is 1. The summed E-state index contributed by atoms with van der Waals surface area (Å²) in [6, 6.07) is 40.4. The second-order valence-electron chi connectivity index (χ2n) is 14.1. The zero-order valence-corrected chi connectivity index (χ0v) is 26.7. The SMILES string of the molecule is Cn1c2[n+](c3cncnc31)[N+]13c4c(cccc4-2)Oc2ccc4c(c21)-n1c2c(cccc2c2ccc[n+]3c21)C41c2ccccc2-c2ccccc21. The lowest BCUT2D eigenvalue weighted by atomic mass is 9.65. The number of nitrogens with zero attached hydrogens (tertiary/aromatic N) is 7. The van der Waals surface area contributed by atoms with Crippen LogP contribution in [0.3, 0.4) is 0 Å². The lowest BCUT2D eigenvalue weighted by molar-refractivity contribution is -1.01. The molecule has 1 atom stereocenters. The number of pyridine rings is 1. The average Bonchev–Trinajstić information content (AvgIpc) is 3.86. The van der Waals surface area contributed by atoms with E-state index in [1.165, 1.54) is 55.4 Å². The van der Waals surface area contributed by atoms with Crippen LogP contribution in [-0.4, -0.2) is 19.1 Å². The molecule has 1 unspecified atom stereocenters. The molecule has 0 amide bonds. The number of aromatic nitrogens is 6. The summed E-state index contributed by atoms with van der Waals surface area (Å²) in [4.78, 5) is 9.43. The van der Waals surface area contributed by atoms with Gasteiger partial charge in [-0.2, -0.15) is 9.55 Å². The lowest BCUT2D eigenvalue weighted by Crippen LogP contribution is -2.84. The highest BCUT2D eigenvalue weighted by Crippen LogP contribution is 2.66. The van der Waals surface area contributed by atoms with Crippen LogP contribution in [0.25, 0.3) is 61.3 Å². The van der Waals surface area contributed by atoms with Crippen molar-refractivity contribution in [1.82, 2.24) is 23.8 Å². The van der Waals surface area contributed by atoms with Gasteiger partial charge in [0, 0.05) is 21.2 Å². The smallest absolute Gasteiger partial charge is 0.353 e. The molecule has 0 saturated heterocycles. The highest BCUT2D eigenvalue weighted by Gasteiger charge is 2.71. The third kappa shape index (κ3) is 2.14. The minimum absolute atomic E-state index is 0.270. The predicted octanol–water partition coefficient (Wildman–Crippen LogP) is 7.28. The summed E-state index contributed by atoms with van der Waals surface area (Å²) in [5.74, 6) is 2.75. The highest BCUT2D eigenvalue weighted by molar-refractivity contribution is 6.12. The molecule has 14 rings (SSSR count). The molecule has 0 bridgehead atoms. The monoisotopic (exact) mass is 642 g/mol. The van der Waals surface area contributed by atoms with Gasteiger partial charge in [0.15, 0.2) is 11.9 Å². The largest absolute Gasteiger partial charge is 0.444 e. The molecule has 9 aromatic rings. The van der Waals surface area contributed by atoms with Gasteiger partial charge in [-0.1, -0.05) is 66.7 Å². The first-order chi connectivity index (χ1) is 24.8. The molecule has 0 saturated carbocycles. The number of hydrogen-bond acceptors (Lipinski definition) is 3. The van der Waals surface area contributed by atoms with Crippen LogP contribution in [-0.2, 0) is 12.5 Å². The second-order valence-corrected chi connectivity index (χ2v) is 14.1. The van der Waals surface area contributed by atoms with Crippen molar-refractivity contribution in [3.63, 3.8) is 0 Å². The van der Waals surface area contributed by atoms with Gasteiger partial charge in [-0.3, -0.25) is 0 Å². The van der Waals surface area contributed by atoms with Gasteiger partial charge in [-0.05, 0) is 69.4 Å². The van der Waals surface area contributed by atoms with Crippen molar-refractivity contribution >= 4 is 44.5 Å². The number of fused-ring (bicyclic) bond motifs is 12. The van der Waals surface area contributed by atoms with Crippen LogP contribution in [0, 0.1) is 0 Å². The van der Waals surface area contributed by atoms with Crippen LogP contribution >= 0.6 is 0 Å². The van der Waals surface area contributed by atoms with Crippen molar-refractivity contribution in [2.75, 3.05) is 0 Å². The standard InChI is InChI=1S/C42H24N7O/c1-45-39-32(21-43-22-44-39)48-40(45)27-12-7-17-33-37(27)49(48)38-34(50-33)19-18-31-36(38)47-35-25(26-13-8-20-46(49)41(26)47)11-6-16-30(35)42(31)28-14-4-2-9-23(28)24-10-3-5-15-29(24)42/h2-22H,1H3/q+3. The van der Waals surface area contributed by atoms with Crippen LogP contribution in [0.15, 0.2) is 128 Å². The van der Waals surface area contributed by atoms with Crippen LogP contribution in [0.1, 0.15) is 22.3 Å². The summed E-state index contributed by atoms with van der Waals surface area (Å²) in [7, 11) is 2.11. The van der Waals surface area contributed by atoms with Gasteiger partial charge in [0.05, 0.1) is 28.7 Å². The molecule has 5 aliphatic rings. The predicted molar refractivity (Wildman–Crippen MR) is 188 cm³/mol. The number of hydrogen-bond donors (Lipinski definition) is 0. The lowest BCUT2D eigenvalue weighted by Gasteiger charge is -2.40.